The molecule has 0 saturated heterocycles. The number of carbonyl (C=O) groups is 1. The molecule has 0 aromatic heterocycles. The summed E-state index contributed by atoms with van der Waals surface area (Å²) < 4.78 is 5.14. The van der Waals surface area contributed by atoms with Crippen LogP contribution in [0.25, 0.3) is 0 Å². The van der Waals surface area contributed by atoms with Crippen LogP contribution in [0, 0.1) is 17.3 Å². The fourth-order valence-electron chi connectivity index (χ4n) is 2.67. The summed E-state index contributed by atoms with van der Waals surface area (Å²) in [5.74, 6) is 1.70. The second kappa shape index (κ2) is 2.32. The maximum atomic E-state index is 11.4. The van der Waals surface area contributed by atoms with Gasteiger partial charge in [-0.05, 0) is 23.7 Å². The van der Waals surface area contributed by atoms with Gasteiger partial charge in [0.1, 0.15) is 6.10 Å². The van der Waals surface area contributed by atoms with Crippen molar-refractivity contribution < 1.29 is 9.53 Å². The van der Waals surface area contributed by atoms with Gasteiger partial charge in [-0.1, -0.05) is 13.8 Å². The molecule has 0 aromatic rings. The summed E-state index contributed by atoms with van der Waals surface area (Å²) >= 11 is 0. The van der Waals surface area contributed by atoms with Crippen LogP contribution in [-0.4, -0.2) is 19.0 Å². The fraction of sp³-hybridized carbons (Fsp3) is 0.900. The lowest BCUT2D eigenvalue weighted by molar-refractivity contribution is -0.131. The first-order valence-corrected chi connectivity index (χ1v) is 4.63. The molecule has 12 heavy (non-hydrogen) atoms. The van der Waals surface area contributed by atoms with Crippen molar-refractivity contribution in [2.24, 2.45) is 17.3 Å². The predicted molar refractivity (Wildman–Crippen MR) is 45.8 cm³/mol. The summed E-state index contributed by atoms with van der Waals surface area (Å²) in [6.45, 7) is 4.52. The van der Waals surface area contributed by atoms with Crippen LogP contribution < -0.4 is 0 Å². The Morgan fingerprint density at radius 2 is 2.08 bits per heavy atom. The van der Waals surface area contributed by atoms with Crippen molar-refractivity contribution in [2.45, 2.75) is 32.8 Å². The van der Waals surface area contributed by atoms with E-state index < -0.39 is 0 Å². The smallest absolute Gasteiger partial charge is 0.161 e. The summed E-state index contributed by atoms with van der Waals surface area (Å²) in [6, 6.07) is 0. The van der Waals surface area contributed by atoms with Crippen molar-refractivity contribution in [3.8, 4) is 0 Å². The third kappa shape index (κ3) is 0.939. The third-order valence-corrected chi connectivity index (χ3v) is 3.82. The van der Waals surface area contributed by atoms with Crippen LogP contribution in [0.2, 0.25) is 0 Å². The molecule has 0 radical (unpaired) electrons. The molecule has 0 spiro atoms. The topological polar surface area (TPSA) is 26.3 Å². The van der Waals surface area contributed by atoms with Crippen molar-refractivity contribution in [3.05, 3.63) is 0 Å². The lowest BCUT2D eigenvalue weighted by Gasteiger charge is -2.17. The number of Topliss-reactive ketones (excluding diaryl/α,β-unsaturated/α-hetero) is 1. The quantitative estimate of drug-likeness (QED) is 0.595. The van der Waals surface area contributed by atoms with Crippen LogP contribution >= 0.6 is 0 Å². The number of rotatable bonds is 1. The molecule has 0 amide bonds. The summed E-state index contributed by atoms with van der Waals surface area (Å²) in [6.07, 6.45) is 1.59. The monoisotopic (exact) mass is 168 g/mol. The summed E-state index contributed by atoms with van der Waals surface area (Å²) in [5.41, 5.74) is 0.406. The van der Waals surface area contributed by atoms with E-state index in [1.807, 2.05) is 0 Å². The molecule has 68 valence electrons. The Labute approximate surface area is 73.3 Å². The molecule has 0 bridgehead atoms. The minimum Gasteiger partial charge on any atom is -0.374 e. The number of ether oxygens (including phenoxy) is 1. The molecule has 2 nitrogen and oxygen atoms in total. The molecule has 0 aromatic carbocycles. The maximum Gasteiger partial charge on any atom is 0.161 e. The Kier molecular flexibility index (Phi) is 1.59. The average molecular weight is 168 g/mol. The van der Waals surface area contributed by atoms with Gasteiger partial charge in [0.15, 0.2) is 5.78 Å². The minimum atomic E-state index is -0.104. The van der Waals surface area contributed by atoms with Crippen molar-refractivity contribution in [2.75, 3.05) is 7.11 Å². The van der Waals surface area contributed by atoms with Gasteiger partial charge < -0.3 is 4.74 Å². The normalized spacial score (nSPS) is 43.9. The Morgan fingerprint density at radius 3 is 2.67 bits per heavy atom. The highest BCUT2D eigenvalue weighted by Crippen LogP contribution is 2.64. The molecule has 0 unspecified atom stereocenters. The van der Waals surface area contributed by atoms with Gasteiger partial charge in [-0.15, -0.1) is 0 Å². The van der Waals surface area contributed by atoms with E-state index in [0.717, 1.165) is 18.8 Å². The molecule has 2 rings (SSSR count). The summed E-state index contributed by atoms with van der Waals surface area (Å²) in [7, 11) is 1.64. The molecule has 0 aliphatic heterocycles. The molecule has 0 heterocycles. The lowest BCUT2D eigenvalue weighted by Crippen LogP contribution is -2.27. The first-order valence-electron chi connectivity index (χ1n) is 4.63. The Balaban J connectivity index is 2.08. The zero-order chi connectivity index (χ0) is 8.93. The lowest BCUT2D eigenvalue weighted by atomic mass is 9.96. The van der Waals surface area contributed by atoms with Crippen LogP contribution in [0.1, 0.15) is 26.7 Å². The molecule has 2 fully saturated rings. The molecule has 2 saturated carbocycles. The van der Waals surface area contributed by atoms with Gasteiger partial charge in [0, 0.05) is 13.5 Å². The number of carbonyl (C=O) groups excluding carboxylic acids is 1. The highest BCUT2D eigenvalue weighted by atomic mass is 16.5. The molecule has 3 atom stereocenters. The van der Waals surface area contributed by atoms with E-state index in [2.05, 4.69) is 13.8 Å². The number of methoxy groups -OCH3 is 1. The van der Waals surface area contributed by atoms with Crippen molar-refractivity contribution in [1.82, 2.24) is 0 Å². The number of fused-ring (bicyclic) bond motifs is 1. The van der Waals surface area contributed by atoms with Crippen molar-refractivity contribution in [3.63, 3.8) is 0 Å². The van der Waals surface area contributed by atoms with Crippen LogP contribution in [0.15, 0.2) is 0 Å². The second-order valence-electron chi connectivity index (χ2n) is 4.66. The maximum absolute atomic E-state index is 11.4. The summed E-state index contributed by atoms with van der Waals surface area (Å²) in [5, 5.41) is 0. The number of ketones is 1. The Bertz CT molecular complexity index is 220. The molecule has 0 N–H and O–H groups in total. The highest BCUT2D eigenvalue weighted by Gasteiger charge is 2.61. The van der Waals surface area contributed by atoms with Crippen LogP contribution in [0.5, 0.6) is 0 Å². The molecule has 2 heteroatoms. The van der Waals surface area contributed by atoms with E-state index in [1.165, 1.54) is 0 Å². The van der Waals surface area contributed by atoms with E-state index >= 15 is 0 Å². The van der Waals surface area contributed by atoms with Gasteiger partial charge in [-0.2, -0.15) is 0 Å². The van der Waals surface area contributed by atoms with Crippen LogP contribution in [0.3, 0.4) is 0 Å². The van der Waals surface area contributed by atoms with Gasteiger partial charge in [0.2, 0.25) is 0 Å². The molecular weight excluding hydrogens is 152 g/mol. The molecule has 2 aliphatic rings. The molecular formula is C10H16O2. The third-order valence-electron chi connectivity index (χ3n) is 3.82. The van der Waals surface area contributed by atoms with Gasteiger partial charge >= 0.3 is 0 Å². The van der Waals surface area contributed by atoms with Crippen molar-refractivity contribution in [1.29, 1.82) is 0 Å². The van der Waals surface area contributed by atoms with Crippen LogP contribution in [0.4, 0.5) is 0 Å². The van der Waals surface area contributed by atoms with E-state index in [4.69, 9.17) is 4.74 Å². The van der Waals surface area contributed by atoms with E-state index in [-0.39, 0.29) is 6.10 Å². The summed E-state index contributed by atoms with van der Waals surface area (Å²) in [4.78, 5) is 11.4. The standard InChI is InChI=1S/C10H16O2/c1-10(2)6-4-8(11)9(12-3)5-7(6)10/h6-7,9H,4-5H2,1-3H3/t6-,7+,9+/m0/s1. The van der Waals surface area contributed by atoms with Gasteiger partial charge in [-0.25, -0.2) is 0 Å². The predicted octanol–water partition coefficient (Wildman–Crippen LogP) is 1.64. The fourth-order valence-corrected chi connectivity index (χ4v) is 2.67. The number of hydrogen-bond donors (Lipinski definition) is 0. The molecule has 2 aliphatic carbocycles. The van der Waals surface area contributed by atoms with Gasteiger partial charge in [0.05, 0.1) is 0 Å². The van der Waals surface area contributed by atoms with Crippen molar-refractivity contribution >= 4 is 5.78 Å². The Morgan fingerprint density at radius 1 is 1.42 bits per heavy atom. The van der Waals surface area contributed by atoms with Crippen LogP contribution in [-0.2, 0) is 9.53 Å². The zero-order valence-electron chi connectivity index (χ0n) is 7.96. The second-order valence-corrected chi connectivity index (χ2v) is 4.66. The first-order chi connectivity index (χ1) is 5.57. The number of hydrogen-bond acceptors (Lipinski definition) is 2. The van der Waals surface area contributed by atoms with E-state index in [0.29, 0.717) is 17.1 Å². The largest absolute Gasteiger partial charge is 0.374 e. The van der Waals surface area contributed by atoms with Gasteiger partial charge in [0.25, 0.3) is 0 Å². The average Bonchev–Trinajstić information content (AvgIpc) is 2.52. The Hall–Kier alpha value is -0.370. The zero-order valence-corrected chi connectivity index (χ0v) is 7.96. The van der Waals surface area contributed by atoms with E-state index in [1.54, 1.807) is 7.11 Å². The minimum absolute atomic E-state index is 0.104. The first kappa shape index (κ1) is 8.24. The van der Waals surface area contributed by atoms with Gasteiger partial charge in [-0.3, -0.25) is 4.79 Å². The highest BCUT2D eigenvalue weighted by molar-refractivity contribution is 5.85. The SMILES string of the molecule is CO[C@@H]1C[C@@H]2[C@H](CC1=O)C2(C)C. The van der Waals surface area contributed by atoms with E-state index in [9.17, 15) is 4.79 Å².